The van der Waals surface area contributed by atoms with Gasteiger partial charge in [0.05, 0.1) is 12.7 Å². The zero-order valence-electron chi connectivity index (χ0n) is 15.9. The van der Waals surface area contributed by atoms with E-state index < -0.39 is 0 Å². The van der Waals surface area contributed by atoms with Crippen LogP contribution in [0.1, 0.15) is 51.7 Å². The molecular weight excluding hydrogens is 429 g/mol. The highest BCUT2D eigenvalue weighted by molar-refractivity contribution is 14.0. The van der Waals surface area contributed by atoms with E-state index in [0.717, 1.165) is 30.7 Å². The summed E-state index contributed by atoms with van der Waals surface area (Å²) in [5.74, 6) is 2.59. The highest BCUT2D eigenvalue weighted by atomic mass is 127. The Hall–Kier alpha value is -0.830. The van der Waals surface area contributed by atoms with E-state index in [1.165, 1.54) is 32.4 Å². The third kappa shape index (κ3) is 5.09. The molecule has 25 heavy (non-hydrogen) atoms. The van der Waals surface area contributed by atoms with E-state index in [1.54, 1.807) is 0 Å². The second kappa shape index (κ2) is 8.70. The van der Waals surface area contributed by atoms with E-state index in [4.69, 9.17) is 4.42 Å². The van der Waals surface area contributed by atoms with Gasteiger partial charge in [-0.05, 0) is 32.4 Å². The first-order valence-corrected chi connectivity index (χ1v) is 9.12. The van der Waals surface area contributed by atoms with Gasteiger partial charge in [0.25, 0.3) is 0 Å². The van der Waals surface area contributed by atoms with E-state index in [0.29, 0.717) is 12.6 Å². The Bertz CT molecular complexity index is 574. The summed E-state index contributed by atoms with van der Waals surface area (Å²) >= 11 is 0. The van der Waals surface area contributed by atoms with Gasteiger partial charge in [-0.15, -0.1) is 24.0 Å². The summed E-state index contributed by atoms with van der Waals surface area (Å²) in [5.41, 5.74) is -0.00910. The molecule has 0 radical (unpaired) electrons. The fourth-order valence-electron chi connectivity index (χ4n) is 3.56. The number of guanidine groups is 1. The van der Waals surface area contributed by atoms with Crippen molar-refractivity contribution in [3.05, 3.63) is 17.8 Å². The smallest absolute Gasteiger partial charge is 0.213 e. The second-order valence-corrected chi connectivity index (χ2v) is 7.90. The van der Waals surface area contributed by atoms with Gasteiger partial charge in [0, 0.05) is 31.6 Å². The number of hydrogen-bond donors (Lipinski definition) is 1. The Morgan fingerprint density at radius 1 is 1.32 bits per heavy atom. The maximum Gasteiger partial charge on any atom is 0.213 e. The van der Waals surface area contributed by atoms with Gasteiger partial charge in [-0.3, -0.25) is 9.89 Å². The normalized spacial score (nSPS) is 22.3. The molecule has 2 aliphatic heterocycles. The van der Waals surface area contributed by atoms with Gasteiger partial charge in [-0.25, -0.2) is 4.98 Å². The molecule has 0 aliphatic carbocycles. The van der Waals surface area contributed by atoms with Crippen molar-refractivity contribution in [2.75, 3.05) is 33.2 Å². The molecule has 0 saturated carbocycles. The third-order valence-corrected chi connectivity index (χ3v) is 5.02. The molecule has 1 aromatic heterocycles. The molecule has 0 aromatic carbocycles. The van der Waals surface area contributed by atoms with Crippen molar-refractivity contribution < 1.29 is 4.42 Å². The number of nitrogens with zero attached hydrogens (tertiary/aromatic N) is 4. The SMILES string of the molecule is CN=C(NCc1ncc(C(C)(C)C)o1)N1CCC(N2CCCC2)C1.I. The first-order chi connectivity index (χ1) is 11.5. The predicted octanol–water partition coefficient (Wildman–Crippen LogP) is 2.84. The van der Waals surface area contributed by atoms with Crippen LogP contribution in [-0.2, 0) is 12.0 Å². The molecule has 3 rings (SSSR count). The lowest BCUT2D eigenvalue weighted by molar-refractivity contribution is 0.249. The van der Waals surface area contributed by atoms with Crippen molar-refractivity contribution in [3.63, 3.8) is 0 Å². The molecule has 7 heteroatoms. The minimum atomic E-state index is -0.00910. The number of nitrogens with one attached hydrogen (secondary N) is 1. The van der Waals surface area contributed by atoms with Gasteiger partial charge in [0.1, 0.15) is 5.76 Å². The Kier molecular flexibility index (Phi) is 7.13. The Balaban J connectivity index is 0.00000225. The number of hydrogen-bond acceptors (Lipinski definition) is 4. The monoisotopic (exact) mass is 461 g/mol. The van der Waals surface area contributed by atoms with Gasteiger partial charge in [0.15, 0.2) is 5.96 Å². The quantitative estimate of drug-likeness (QED) is 0.426. The summed E-state index contributed by atoms with van der Waals surface area (Å²) in [6.45, 7) is 11.6. The standard InChI is InChI=1S/C18H31N5O.HI/c1-18(2,3)15-11-20-16(24-15)12-21-17(19-4)23-10-7-14(13-23)22-8-5-6-9-22;/h11,14H,5-10,12-13H2,1-4H3,(H,19,21);1H. The lowest BCUT2D eigenvalue weighted by Gasteiger charge is -2.25. The molecule has 0 bridgehead atoms. The largest absolute Gasteiger partial charge is 0.443 e. The topological polar surface area (TPSA) is 56.9 Å². The maximum atomic E-state index is 5.85. The van der Waals surface area contributed by atoms with E-state index in [9.17, 15) is 0 Å². The molecule has 1 aromatic rings. The van der Waals surface area contributed by atoms with Crippen LogP contribution in [0, 0.1) is 0 Å². The molecular formula is C18H32IN5O. The van der Waals surface area contributed by atoms with Crippen LogP contribution in [0.3, 0.4) is 0 Å². The Morgan fingerprint density at radius 2 is 2.04 bits per heavy atom. The van der Waals surface area contributed by atoms with Crippen molar-refractivity contribution in [2.24, 2.45) is 4.99 Å². The van der Waals surface area contributed by atoms with Gasteiger partial charge < -0.3 is 14.6 Å². The van der Waals surface area contributed by atoms with Crippen LogP contribution in [0.5, 0.6) is 0 Å². The molecule has 2 saturated heterocycles. The lowest BCUT2D eigenvalue weighted by atomic mass is 9.94. The van der Waals surface area contributed by atoms with Gasteiger partial charge >= 0.3 is 0 Å². The third-order valence-electron chi connectivity index (χ3n) is 5.02. The van der Waals surface area contributed by atoms with Crippen LogP contribution in [0.4, 0.5) is 0 Å². The van der Waals surface area contributed by atoms with Crippen molar-refractivity contribution in [1.29, 1.82) is 0 Å². The molecule has 1 unspecified atom stereocenters. The molecule has 142 valence electrons. The Labute approximate surface area is 168 Å². The van der Waals surface area contributed by atoms with Gasteiger partial charge in [-0.1, -0.05) is 20.8 Å². The molecule has 0 spiro atoms. The fraction of sp³-hybridized carbons (Fsp3) is 0.778. The van der Waals surface area contributed by atoms with Crippen molar-refractivity contribution in [1.82, 2.24) is 20.1 Å². The van der Waals surface area contributed by atoms with Crippen molar-refractivity contribution in [2.45, 2.75) is 58.0 Å². The average molecular weight is 461 g/mol. The van der Waals surface area contributed by atoms with Crippen LogP contribution in [-0.4, -0.2) is 60.0 Å². The highest BCUT2D eigenvalue weighted by Crippen LogP contribution is 2.23. The maximum absolute atomic E-state index is 5.85. The first-order valence-electron chi connectivity index (χ1n) is 9.12. The van der Waals surface area contributed by atoms with E-state index >= 15 is 0 Å². The number of aliphatic imine (C=N–C) groups is 1. The summed E-state index contributed by atoms with van der Waals surface area (Å²) < 4.78 is 5.85. The van der Waals surface area contributed by atoms with E-state index in [1.807, 2.05) is 13.2 Å². The molecule has 3 heterocycles. The summed E-state index contributed by atoms with van der Waals surface area (Å²) in [4.78, 5) is 13.8. The molecule has 1 atom stereocenters. The zero-order chi connectivity index (χ0) is 17.2. The molecule has 2 fully saturated rings. The first kappa shape index (κ1) is 20.5. The number of likely N-dealkylation sites (tertiary alicyclic amines) is 2. The van der Waals surface area contributed by atoms with Crippen molar-refractivity contribution in [3.8, 4) is 0 Å². The highest BCUT2D eigenvalue weighted by Gasteiger charge is 2.30. The zero-order valence-corrected chi connectivity index (χ0v) is 18.2. The van der Waals surface area contributed by atoms with Gasteiger partial charge in [0.2, 0.25) is 5.89 Å². The average Bonchev–Trinajstić information content (AvgIpc) is 3.28. The van der Waals surface area contributed by atoms with Gasteiger partial charge in [-0.2, -0.15) is 0 Å². The van der Waals surface area contributed by atoms with E-state index in [2.05, 4.69) is 45.9 Å². The minimum absolute atomic E-state index is 0. The number of oxazole rings is 1. The van der Waals surface area contributed by atoms with E-state index in [-0.39, 0.29) is 29.4 Å². The molecule has 2 aliphatic rings. The van der Waals surface area contributed by atoms with Crippen molar-refractivity contribution >= 4 is 29.9 Å². The molecule has 6 nitrogen and oxygen atoms in total. The molecule has 1 N–H and O–H groups in total. The number of aromatic nitrogens is 1. The van der Waals surface area contributed by atoms with Crippen LogP contribution in [0.25, 0.3) is 0 Å². The molecule has 0 amide bonds. The van der Waals surface area contributed by atoms with Crippen LogP contribution < -0.4 is 5.32 Å². The summed E-state index contributed by atoms with van der Waals surface area (Å²) in [6, 6.07) is 0.681. The van der Waals surface area contributed by atoms with Crippen LogP contribution in [0.15, 0.2) is 15.6 Å². The number of halogens is 1. The lowest BCUT2D eigenvalue weighted by Crippen LogP contribution is -2.42. The number of rotatable bonds is 3. The fourth-order valence-corrected chi connectivity index (χ4v) is 3.56. The minimum Gasteiger partial charge on any atom is -0.443 e. The summed E-state index contributed by atoms with van der Waals surface area (Å²) in [7, 11) is 1.85. The summed E-state index contributed by atoms with van der Waals surface area (Å²) in [6.07, 6.45) is 5.76. The predicted molar refractivity (Wildman–Crippen MR) is 112 cm³/mol. The second-order valence-electron chi connectivity index (χ2n) is 7.90. The summed E-state index contributed by atoms with van der Waals surface area (Å²) in [5, 5.41) is 3.40. The van der Waals surface area contributed by atoms with Crippen LogP contribution in [0.2, 0.25) is 0 Å². The Morgan fingerprint density at radius 3 is 2.64 bits per heavy atom. The van der Waals surface area contributed by atoms with Crippen LogP contribution >= 0.6 is 24.0 Å².